The molecule has 0 N–H and O–H groups in total. The summed E-state index contributed by atoms with van der Waals surface area (Å²) in [6.07, 6.45) is 12.5. The number of anilines is 1. The summed E-state index contributed by atoms with van der Waals surface area (Å²) in [5.41, 5.74) is 2.13. The maximum atomic E-state index is 13.1. The molecule has 3 aliphatic rings. The molecule has 1 aromatic heterocycles. The van der Waals surface area contributed by atoms with Gasteiger partial charge in [-0.3, -0.25) is 14.7 Å². The number of hydrogen-bond donors (Lipinski definition) is 0. The lowest BCUT2D eigenvalue weighted by Crippen LogP contribution is -2.47. The lowest BCUT2D eigenvalue weighted by atomic mass is 10.1. The smallest absolute Gasteiger partial charge is 0.256 e. The molecule has 1 amide bonds. The largest absolute Gasteiger partial charge is 0.493 e. The summed E-state index contributed by atoms with van der Waals surface area (Å²) < 4.78 is 23.0. The monoisotopic (exact) mass is 644 g/mol. The van der Waals surface area contributed by atoms with Crippen molar-refractivity contribution in [3.05, 3.63) is 36.2 Å². The van der Waals surface area contributed by atoms with E-state index in [1.807, 2.05) is 36.2 Å². The molecule has 0 unspecified atom stereocenters. The number of fused-ring (bicyclic) bond motifs is 3. The first-order chi connectivity index (χ1) is 23.1. The van der Waals surface area contributed by atoms with Gasteiger partial charge < -0.3 is 28.7 Å². The quantitative estimate of drug-likeness (QED) is 0.187. The van der Waals surface area contributed by atoms with E-state index in [0.29, 0.717) is 47.5 Å². The lowest BCUT2D eigenvalue weighted by molar-refractivity contribution is 0.0774. The van der Waals surface area contributed by atoms with Crippen LogP contribution in [-0.4, -0.2) is 105 Å². The number of piperazine rings is 1. The third-order valence-corrected chi connectivity index (χ3v) is 9.46. The van der Waals surface area contributed by atoms with Crippen molar-refractivity contribution in [3.63, 3.8) is 0 Å². The van der Waals surface area contributed by atoms with E-state index in [9.17, 15) is 4.79 Å². The molecule has 6 rings (SSSR count). The Labute approximate surface area is 277 Å². The molecule has 0 radical (unpaired) electrons. The second-order valence-electron chi connectivity index (χ2n) is 12.5. The predicted octanol–water partition coefficient (Wildman–Crippen LogP) is 5.91. The molecule has 0 aliphatic carbocycles. The lowest BCUT2D eigenvalue weighted by Gasteiger charge is -2.35. The van der Waals surface area contributed by atoms with Crippen LogP contribution in [0, 0.1) is 0 Å². The maximum absolute atomic E-state index is 13.1. The molecular formula is C36H48N6O5. The zero-order chi connectivity index (χ0) is 32.6. The van der Waals surface area contributed by atoms with Crippen molar-refractivity contribution in [2.75, 3.05) is 71.6 Å². The van der Waals surface area contributed by atoms with Gasteiger partial charge in [0, 0.05) is 56.5 Å². The molecule has 47 heavy (non-hydrogen) atoms. The van der Waals surface area contributed by atoms with E-state index in [1.54, 1.807) is 26.6 Å². The van der Waals surface area contributed by atoms with E-state index in [-0.39, 0.29) is 11.9 Å². The Hall–Kier alpha value is -4.12. The standard InChI is InChI=1S/C36H48N6O5/c1-4-46-33-22-29-27(20-31(33)44-2)35(39-25-38-29)41-17-15-40(16-18-41)13-9-7-5-6-8-10-19-47-34-23-30-28(21-32(34)45-3)36(43)42-14-11-12-26(42)24-37-30/h20-26H,4-19H2,1-3H3/t26-/m0/s1. The first-order valence-electron chi connectivity index (χ1n) is 17.2. The second-order valence-corrected chi connectivity index (χ2v) is 12.5. The molecular weight excluding hydrogens is 596 g/mol. The first-order valence-corrected chi connectivity index (χ1v) is 17.2. The van der Waals surface area contributed by atoms with E-state index >= 15 is 0 Å². The van der Waals surface area contributed by atoms with Crippen molar-refractivity contribution in [2.24, 2.45) is 4.99 Å². The number of hydrogen-bond acceptors (Lipinski definition) is 10. The number of nitrogens with zero attached hydrogens (tertiary/aromatic N) is 6. The van der Waals surface area contributed by atoms with Gasteiger partial charge in [0.1, 0.15) is 12.1 Å². The zero-order valence-corrected chi connectivity index (χ0v) is 28.1. The highest BCUT2D eigenvalue weighted by molar-refractivity contribution is 6.03. The fourth-order valence-electron chi connectivity index (χ4n) is 6.86. The number of methoxy groups -OCH3 is 2. The van der Waals surface area contributed by atoms with Crippen LogP contribution in [0.1, 0.15) is 68.6 Å². The van der Waals surface area contributed by atoms with Gasteiger partial charge in [0.2, 0.25) is 0 Å². The number of amides is 1. The van der Waals surface area contributed by atoms with Gasteiger partial charge in [-0.15, -0.1) is 0 Å². The number of ether oxygens (including phenoxy) is 4. The van der Waals surface area contributed by atoms with Crippen LogP contribution < -0.4 is 23.8 Å². The highest BCUT2D eigenvalue weighted by atomic mass is 16.5. The van der Waals surface area contributed by atoms with Crippen molar-refractivity contribution < 1.29 is 23.7 Å². The van der Waals surface area contributed by atoms with Crippen LogP contribution >= 0.6 is 0 Å². The molecule has 252 valence electrons. The topological polar surface area (TPSA) is 102 Å². The molecule has 2 aromatic carbocycles. The molecule has 3 aromatic rings. The first kappa shape index (κ1) is 32.8. The average Bonchev–Trinajstić information content (AvgIpc) is 3.53. The number of rotatable bonds is 15. The number of carbonyl (C=O) groups excluding carboxylic acids is 1. The summed E-state index contributed by atoms with van der Waals surface area (Å²) in [6.45, 7) is 9.02. The van der Waals surface area contributed by atoms with Crippen molar-refractivity contribution in [1.82, 2.24) is 19.8 Å². The number of aliphatic imine (C=N–C) groups is 1. The zero-order valence-electron chi connectivity index (χ0n) is 28.1. The van der Waals surface area contributed by atoms with Gasteiger partial charge in [-0.2, -0.15) is 0 Å². The van der Waals surface area contributed by atoms with E-state index in [4.69, 9.17) is 18.9 Å². The predicted molar refractivity (Wildman–Crippen MR) is 184 cm³/mol. The summed E-state index contributed by atoms with van der Waals surface area (Å²) in [5, 5.41) is 0.995. The molecule has 2 saturated heterocycles. The van der Waals surface area contributed by atoms with Crippen LogP contribution in [0.2, 0.25) is 0 Å². The highest BCUT2D eigenvalue weighted by Gasteiger charge is 2.32. The fourth-order valence-corrected chi connectivity index (χ4v) is 6.86. The molecule has 2 fully saturated rings. The summed E-state index contributed by atoms with van der Waals surface area (Å²) in [4.78, 5) is 33.7. The van der Waals surface area contributed by atoms with Gasteiger partial charge >= 0.3 is 0 Å². The summed E-state index contributed by atoms with van der Waals surface area (Å²) in [5.74, 6) is 3.66. The summed E-state index contributed by atoms with van der Waals surface area (Å²) in [6, 6.07) is 7.68. The van der Waals surface area contributed by atoms with Gasteiger partial charge in [0.15, 0.2) is 23.0 Å². The SMILES string of the molecule is CCOc1cc2ncnc(N3CCN(CCCCCCCCOc4cc5c(cc4OC)C(=O)N4CCC[C@H]4C=N5)CC3)c2cc1OC. The Morgan fingerprint density at radius 2 is 1.55 bits per heavy atom. The van der Waals surface area contributed by atoms with Crippen LogP contribution in [0.4, 0.5) is 11.5 Å². The minimum Gasteiger partial charge on any atom is -0.493 e. The normalized spacial score (nSPS) is 17.9. The van der Waals surface area contributed by atoms with E-state index in [0.717, 1.165) is 81.7 Å². The fraction of sp³-hybridized carbons (Fsp3) is 0.556. The third kappa shape index (κ3) is 7.56. The maximum Gasteiger partial charge on any atom is 0.256 e. The highest BCUT2D eigenvalue weighted by Crippen LogP contribution is 2.38. The molecule has 4 heterocycles. The molecule has 3 aliphatic heterocycles. The van der Waals surface area contributed by atoms with Crippen molar-refractivity contribution in [3.8, 4) is 23.0 Å². The Bertz CT molecular complexity index is 1560. The Kier molecular flexibility index (Phi) is 10.9. The number of carbonyl (C=O) groups is 1. The Morgan fingerprint density at radius 1 is 0.809 bits per heavy atom. The minimum absolute atomic E-state index is 0.0291. The Balaban J connectivity index is 0.883. The molecule has 0 spiro atoms. The van der Waals surface area contributed by atoms with Gasteiger partial charge in [-0.1, -0.05) is 25.7 Å². The van der Waals surface area contributed by atoms with Crippen molar-refractivity contribution >= 4 is 34.5 Å². The molecule has 1 atom stereocenters. The molecule has 11 nitrogen and oxygen atoms in total. The van der Waals surface area contributed by atoms with Crippen molar-refractivity contribution in [1.29, 1.82) is 0 Å². The third-order valence-electron chi connectivity index (χ3n) is 9.46. The van der Waals surface area contributed by atoms with Gasteiger partial charge in [-0.25, -0.2) is 9.97 Å². The molecule has 0 saturated carbocycles. The number of benzene rings is 2. The van der Waals surface area contributed by atoms with Crippen molar-refractivity contribution in [2.45, 2.75) is 64.3 Å². The second kappa shape index (κ2) is 15.6. The Morgan fingerprint density at radius 3 is 2.34 bits per heavy atom. The van der Waals surface area contributed by atoms with E-state index in [1.165, 1.54) is 25.7 Å². The number of aromatic nitrogens is 2. The molecule has 11 heteroatoms. The van der Waals surface area contributed by atoms with Gasteiger partial charge in [0.25, 0.3) is 5.91 Å². The van der Waals surface area contributed by atoms with Crippen LogP contribution in [0.5, 0.6) is 23.0 Å². The number of unbranched alkanes of at least 4 members (excludes halogenated alkanes) is 5. The van der Waals surface area contributed by atoms with Crippen LogP contribution in [0.3, 0.4) is 0 Å². The van der Waals surface area contributed by atoms with E-state index in [2.05, 4.69) is 24.8 Å². The van der Waals surface area contributed by atoms with Gasteiger partial charge in [0.05, 0.1) is 50.2 Å². The van der Waals surface area contributed by atoms with Crippen LogP contribution in [0.15, 0.2) is 35.6 Å². The van der Waals surface area contributed by atoms with Crippen LogP contribution in [0.25, 0.3) is 10.9 Å². The minimum atomic E-state index is 0.0291. The van der Waals surface area contributed by atoms with Crippen LogP contribution in [-0.2, 0) is 0 Å². The van der Waals surface area contributed by atoms with Gasteiger partial charge in [-0.05, 0) is 51.3 Å². The summed E-state index contributed by atoms with van der Waals surface area (Å²) in [7, 11) is 3.28. The molecule has 0 bridgehead atoms. The van der Waals surface area contributed by atoms with E-state index < -0.39 is 0 Å². The average molecular weight is 645 g/mol. The summed E-state index contributed by atoms with van der Waals surface area (Å²) >= 11 is 0.